The molecule has 0 nitrogen and oxygen atoms in total. The molecule has 0 aliphatic heterocycles. The quantitative estimate of drug-likeness (QED) is 0.530. The third-order valence-electron chi connectivity index (χ3n) is 3.66. The summed E-state index contributed by atoms with van der Waals surface area (Å²) in [6.07, 6.45) is 4.84. The molecule has 0 aliphatic rings. The van der Waals surface area contributed by atoms with Crippen LogP contribution in [0.4, 0.5) is 0 Å². The van der Waals surface area contributed by atoms with Gasteiger partial charge in [-0.1, -0.05) is 104 Å². The van der Waals surface area contributed by atoms with E-state index in [2.05, 4.69) is 89.2 Å². The number of allylic oxidation sites excluding steroid dienone is 1. The van der Waals surface area contributed by atoms with Crippen LogP contribution in [0.25, 0.3) is 5.57 Å². The molecular weight excluding hydrogens is 288 g/mol. The van der Waals surface area contributed by atoms with Crippen molar-refractivity contribution in [1.82, 2.24) is 0 Å². The monoisotopic (exact) mass is 328 g/mol. The molecule has 0 atom stereocenters. The maximum absolute atomic E-state index is 2.20. The van der Waals surface area contributed by atoms with Crippen LogP contribution in [-0.2, 0) is 0 Å². The summed E-state index contributed by atoms with van der Waals surface area (Å²) >= 11 is 0. The zero-order chi connectivity index (χ0) is 15.7. The first-order valence-electron chi connectivity index (χ1n) is 7.93. The molecule has 0 unspecified atom stereocenters. The van der Waals surface area contributed by atoms with Crippen molar-refractivity contribution < 1.29 is 0 Å². The Kier molecular flexibility index (Phi) is 16.6. The van der Waals surface area contributed by atoms with Crippen molar-refractivity contribution in [3.05, 3.63) is 76.9 Å². The average Bonchev–Trinajstić information content (AvgIpc) is 2.52. The van der Waals surface area contributed by atoms with Crippen molar-refractivity contribution in [2.24, 2.45) is 0 Å². The molecule has 0 saturated carbocycles. The van der Waals surface area contributed by atoms with Gasteiger partial charge in [-0.2, -0.15) is 0 Å². The van der Waals surface area contributed by atoms with Gasteiger partial charge in [0.15, 0.2) is 0 Å². The van der Waals surface area contributed by atoms with E-state index in [1.165, 1.54) is 40.7 Å². The van der Waals surface area contributed by atoms with E-state index in [0.29, 0.717) is 0 Å². The van der Waals surface area contributed by atoms with Crippen LogP contribution in [0, 0.1) is 13.8 Å². The van der Waals surface area contributed by atoms with Gasteiger partial charge in [0.25, 0.3) is 0 Å². The molecule has 0 radical (unpaired) electrons. The van der Waals surface area contributed by atoms with Crippen LogP contribution in [0.3, 0.4) is 0 Å². The molecular formula is C24H40. The van der Waals surface area contributed by atoms with E-state index in [0.717, 1.165) is 0 Å². The highest BCUT2D eigenvalue weighted by Gasteiger charge is 2.07. The van der Waals surface area contributed by atoms with Crippen molar-refractivity contribution in [3.8, 4) is 0 Å². The molecule has 0 spiro atoms. The number of hydrogen-bond acceptors (Lipinski definition) is 0. The van der Waals surface area contributed by atoms with Crippen LogP contribution in [0.2, 0.25) is 0 Å². The van der Waals surface area contributed by atoms with E-state index in [-0.39, 0.29) is 22.3 Å². The number of unbranched alkanes of at least 4 members (excludes halogenated alkanes) is 1. The van der Waals surface area contributed by atoms with E-state index in [4.69, 9.17) is 0 Å². The summed E-state index contributed by atoms with van der Waals surface area (Å²) in [4.78, 5) is 0. The minimum absolute atomic E-state index is 0. The zero-order valence-electron chi connectivity index (χ0n) is 14.1. The van der Waals surface area contributed by atoms with E-state index in [1.807, 2.05) is 0 Å². The number of hydrogen-bond donors (Lipinski definition) is 0. The average molecular weight is 329 g/mol. The second kappa shape index (κ2) is 14.8. The van der Waals surface area contributed by atoms with E-state index in [9.17, 15) is 0 Å². The molecule has 136 valence electrons. The fourth-order valence-corrected chi connectivity index (χ4v) is 2.21. The lowest BCUT2D eigenvalue weighted by molar-refractivity contribution is 0.886. The second-order valence-corrected chi connectivity index (χ2v) is 5.33. The molecule has 0 fully saturated rings. The smallest absolute Gasteiger partial charge is 0.0149 e. The Hall–Kier alpha value is -1.82. The lowest BCUT2D eigenvalue weighted by atomic mass is 9.92. The highest BCUT2D eigenvalue weighted by Crippen LogP contribution is 2.27. The molecule has 0 aliphatic carbocycles. The van der Waals surface area contributed by atoms with Gasteiger partial charge in [-0.3, -0.25) is 0 Å². The summed E-state index contributed by atoms with van der Waals surface area (Å²) in [6, 6.07) is 17.1. The Labute approximate surface area is 152 Å². The third-order valence-corrected chi connectivity index (χ3v) is 3.66. The normalized spacial score (nSPS) is 8.38. The molecule has 2 aromatic rings. The van der Waals surface area contributed by atoms with E-state index in [1.54, 1.807) is 0 Å². The Morgan fingerprint density at radius 1 is 0.708 bits per heavy atom. The van der Waals surface area contributed by atoms with Crippen LogP contribution in [0.15, 0.2) is 54.6 Å². The summed E-state index contributed by atoms with van der Waals surface area (Å²) < 4.78 is 0. The molecule has 0 aromatic heterocycles. The first-order valence-corrected chi connectivity index (χ1v) is 7.93. The maximum atomic E-state index is 2.20. The van der Waals surface area contributed by atoms with Gasteiger partial charge >= 0.3 is 0 Å². The van der Waals surface area contributed by atoms with Crippen molar-refractivity contribution in [3.63, 3.8) is 0 Å². The Morgan fingerprint density at radius 3 is 1.29 bits per heavy atom. The van der Waals surface area contributed by atoms with Crippen molar-refractivity contribution in [2.75, 3.05) is 0 Å². The van der Waals surface area contributed by atoms with E-state index < -0.39 is 0 Å². The fraction of sp³-hybridized carbons (Fsp3) is 0.417. The molecule has 0 heterocycles. The van der Waals surface area contributed by atoms with Gasteiger partial charge in [-0.15, -0.1) is 0 Å². The zero-order valence-corrected chi connectivity index (χ0v) is 14.1. The van der Waals surface area contributed by atoms with Gasteiger partial charge < -0.3 is 0 Å². The van der Waals surface area contributed by atoms with Gasteiger partial charge in [0, 0.05) is 0 Å². The van der Waals surface area contributed by atoms with Gasteiger partial charge in [0.05, 0.1) is 0 Å². The Balaban J connectivity index is -0.000000571. The first-order chi connectivity index (χ1) is 10.2. The standard InChI is InChI=1S/C17H18.C4H10.3CH4/c1-4-15(16-11-7-5-9-13(16)2)17-12-8-6-10-14(17)3;1-3-4-2;;;/h4-12H,1-3H3;3-4H2,1-2H3;3*1H4. The van der Waals surface area contributed by atoms with Crippen LogP contribution < -0.4 is 0 Å². The summed E-state index contributed by atoms with van der Waals surface area (Å²) in [5.74, 6) is 0. The molecule has 0 heteroatoms. The SMILES string of the molecule is C.C.C.CC=C(c1ccccc1C)c1ccccc1C.CCCC. The molecule has 0 N–H and O–H groups in total. The maximum Gasteiger partial charge on any atom is -0.0149 e. The van der Waals surface area contributed by atoms with Crippen LogP contribution in [0.1, 0.15) is 78.1 Å². The Bertz CT molecular complexity index is 527. The molecule has 2 rings (SSSR count). The summed E-state index contributed by atoms with van der Waals surface area (Å²) in [7, 11) is 0. The summed E-state index contributed by atoms with van der Waals surface area (Å²) in [6.45, 7) is 10.8. The van der Waals surface area contributed by atoms with Crippen LogP contribution in [-0.4, -0.2) is 0 Å². The minimum Gasteiger partial charge on any atom is -0.0792 e. The van der Waals surface area contributed by atoms with Gasteiger partial charge in [0.2, 0.25) is 0 Å². The third kappa shape index (κ3) is 7.64. The number of aryl methyl sites for hydroxylation is 2. The lowest BCUT2D eigenvalue weighted by Gasteiger charge is -2.13. The van der Waals surface area contributed by atoms with Crippen LogP contribution >= 0.6 is 0 Å². The predicted octanol–water partition coefficient (Wildman–Crippen LogP) is 8.47. The second-order valence-electron chi connectivity index (χ2n) is 5.33. The summed E-state index contributed by atoms with van der Waals surface area (Å²) in [5.41, 5.74) is 6.61. The molecule has 2 aromatic carbocycles. The fourth-order valence-electron chi connectivity index (χ4n) is 2.21. The first kappa shape index (κ1) is 27.0. The predicted molar refractivity (Wildman–Crippen MR) is 116 cm³/mol. The van der Waals surface area contributed by atoms with Gasteiger partial charge in [-0.25, -0.2) is 0 Å². The lowest BCUT2D eigenvalue weighted by Crippen LogP contribution is -1.93. The number of benzene rings is 2. The summed E-state index contributed by atoms with van der Waals surface area (Å²) in [5, 5.41) is 0. The molecule has 0 saturated heterocycles. The van der Waals surface area contributed by atoms with Crippen molar-refractivity contribution in [1.29, 1.82) is 0 Å². The number of rotatable bonds is 3. The molecule has 0 bridgehead atoms. The van der Waals surface area contributed by atoms with Crippen molar-refractivity contribution in [2.45, 2.75) is 69.7 Å². The minimum atomic E-state index is 0. The molecule has 0 amide bonds. The van der Waals surface area contributed by atoms with E-state index >= 15 is 0 Å². The largest absolute Gasteiger partial charge is 0.0792 e. The van der Waals surface area contributed by atoms with Crippen molar-refractivity contribution >= 4 is 5.57 Å². The Morgan fingerprint density at radius 2 is 1.04 bits per heavy atom. The van der Waals surface area contributed by atoms with Gasteiger partial charge in [-0.05, 0) is 48.6 Å². The molecule has 24 heavy (non-hydrogen) atoms. The topological polar surface area (TPSA) is 0 Å². The van der Waals surface area contributed by atoms with Crippen LogP contribution in [0.5, 0.6) is 0 Å². The highest BCUT2D eigenvalue weighted by atomic mass is 14.1. The van der Waals surface area contributed by atoms with Gasteiger partial charge in [0.1, 0.15) is 0 Å². The highest BCUT2D eigenvalue weighted by molar-refractivity contribution is 5.82.